The number of fused-ring (bicyclic) bond motifs is 3. The van der Waals surface area contributed by atoms with Gasteiger partial charge in [-0.3, -0.25) is 0 Å². The molecule has 0 fully saturated rings. The highest BCUT2D eigenvalue weighted by Gasteiger charge is 2.13. The second kappa shape index (κ2) is 7.26. The van der Waals surface area contributed by atoms with Crippen LogP contribution in [-0.4, -0.2) is 0 Å². The summed E-state index contributed by atoms with van der Waals surface area (Å²) >= 11 is 1.84. The van der Waals surface area contributed by atoms with Crippen molar-refractivity contribution in [2.24, 2.45) is 5.73 Å². The number of rotatable bonds is 4. The quantitative estimate of drug-likeness (QED) is 0.381. The largest absolute Gasteiger partial charge is 0.399 e. The Morgan fingerprint density at radius 1 is 0.852 bits per heavy atom. The van der Waals surface area contributed by atoms with Crippen molar-refractivity contribution in [3.8, 4) is 11.1 Å². The molecule has 0 amide bonds. The van der Waals surface area contributed by atoms with Gasteiger partial charge >= 0.3 is 0 Å². The highest BCUT2D eigenvalue weighted by Crippen LogP contribution is 2.42. The number of thiophene rings is 1. The summed E-state index contributed by atoms with van der Waals surface area (Å²) in [4.78, 5) is 0. The average molecular weight is 368 g/mol. The Bertz CT molecular complexity index is 1190. The number of allylic oxidation sites excluding steroid dienone is 4. The molecule has 27 heavy (non-hydrogen) atoms. The summed E-state index contributed by atoms with van der Waals surface area (Å²) in [5.41, 5.74) is 11.3. The molecule has 2 heteroatoms. The first kappa shape index (κ1) is 17.3. The molecule has 0 unspecified atom stereocenters. The predicted molar refractivity (Wildman–Crippen MR) is 121 cm³/mol. The summed E-state index contributed by atoms with van der Waals surface area (Å²) in [6.07, 6.45) is 5.78. The van der Waals surface area contributed by atoms with E-state index in [9.17, 15) is 0 Å². The molecule has 1 heterocycles. The van der Waals surface area contributed by atoms with Gasteiger partial charge in [-0.05, 0) is 35.3 Å². The van der Waals surface area contributed by atoms with Gasteiger partial charge in [0.05, 0.1) is 0 Å². The summed E-state index contributed by atoms with van der Waals surface area (Å²) in [6, 6.07) is 23.6. The maximum absolute atomic E-state index is 5.89. The monoisotopic (exact) mass is 367 g/mol. The molecule has 4 aromatic rings. The van der Waals surface area contributed by atoms with Gasteiger partial charge in [0.25, 0.3) is 0 Å². The summed E-state index contributed by atoms with van der Waals surface area (Å²) in [7, 11) is 0. The highest BCUT2D eigenvalue weighted by atomic mass is 32.1. The van der Waals surface area contributed by atoms with Crippen LogP contribution in [-0.2, 0) is 0 Å². The maximum atomic E-state index is 5.89. The van der Waals surface area contributed by atoms with Gasteiger partial charge in [-0.15, -0.1) is 11.3 Å². The van der Waals surface area contributed by atoms with Crippen LogP contribution < -0.4 is 5.73 Å². The third-order valence-corrected chi connectivity index (χ3v) is 6.05. The van der Waals surface area contributed by atoms with Crippen LogP contribution in [0.1, 0.15) is 12.5 Å². The maximum Gasteiger partial charge on any atom is 0.0434 e. The Morgan fingerprint density at radius 3 is 2.30 bits per heavy atom. The molecular weight excluding hydrogens is 346 g/mol. The fourth-order valence-corrected chi connectivity index (χ4v) is 4.69. The van der Waals surface area contributed by atoms with Crippen LogP contribution in [0.4, 0.5) is 0 Å². The van der Waals surface area contributed by atoms with E-state index in [1.165, 1.54) is 31.3 Å². The molecule has 4 rings (SSSR count). The minimum absolute atomic E-state index is 0.742. The standard InChI is InChI=1S/C25H21NS/c1-3-19(26)16-15-17(2)20-11-7-13-22-23-14-8-12-21(25(23)27-24(20)22)18-9-5-4-6-10-18/h3-16H,2,26H2,1H3/b16-15-,19-3+. The Kier molecular flexibility index (Phi) is 4.66. The lowest BCUT2D eigenvalue weighted by molar-refractivity contribution is 1.40. The van der Waals surface area contributed by atoms with Crippen molar-refractivity contribution in [2.45, 2.75) is 6.92 Å². The lowest BCUT2D eigenvalue weighted by atomic mass is 10.0. The molecule has 0 radical (unpaired) electrons. The number of hydrogen-bond acceptors (Lipinski definition) is 2. The van der Waals surface area contributed by atoms with Crippen molar-refractivity contribution < 1.29 is 0 Å². The SMILES string of the molecule is C=C(/C=C\C(N)=C/C)c1cccc2c1sc1c(-c3ccccc3)cccc12. The van der Waals surface area contributed by atoms with Crippen molar-refractivity contribution in [2.75, 3.05) is 0 Å². The van der Waals surface area contributed by atoms with Crippen LogP contribution in [0, 0.1) is 0 Å². The summed E-state index contributed by atoms with van der Waals surface area (Å²) < 4.78 is 2.58. The first-order valence-corrected chi connectivity index (χ1v) is 9.79. The summed E-state index contributed by atoms with van der Waals surface area (Å²) in [5.74, 6) is 0. The van der Waals surface area contributed by atoms with E-state index in [1.54, 1.807) is 0 Å². The van der Waals surface area contributed by atoms with Gasteiger partial charge in [0.15, 0.2) is 0 Å². The molecule has 3 aromatic carbocycles. The van der Waals surface area contributed by atoms with Gasteiger partial charge in [-0.2, -0.15) is 0 Å². The second-order valence-corrected chi connectivity index (χ2v) is 7.50. The molecule has 0 bridgehead atoms. The van der Waals surface area contributed by atoms with Crippen molar-refractivity contribution in [1.82, 2.24) is 0 Å². The van der Waals surface area contributed by atoms with E-state index in [4.69, 9.17) is 5.73 Å². The minimum Gasteiger partial charge on any atom is -0.399 e. The third-order valence-electron chi connectivity index (χ3n) is 4.77. The summed E-state index contributed by atoms with van der Waals surface area (Å²) in [5, 5.41) is 2.57. The fourth-order valence-electron chi connectivity index (χ4n) is 3.30. The van der Waals surface area contributed by atoms with Crippen LogP contribution in [0.2, 0.25) is 0 Å². The number of benzene rings is 3. The molecule has 132 valence electrons. The second-order valence-electron chi connectivity index (χ2n) is 6.48. The van der Waals surface area contributed by atoms with Crippen LogP contribution >= 0.6 is 11.3 Å². The summed E-state index contributed by atoms with van der Waals surface area (Å²) in [6.45, 7) is 6.20. The molecule has 0 atom stereocenters. The average Bonchev–Trinajstić information content (AvgIpc) is 3.11. The highest BCUT2D eigenvalue weighted by molar-refractivity contribution is 7.26. The Morgan fingerprint density at radius 2 is 1.56 bits per heavy atom. The van der Waals surface area contributed by atoms with E-state index >= 15 is 0 Å². The molecular formula is C25H21NS. The first-order valence-electron chi connectivity index (χ1n) is 8.98. The molecule has 1 aromatic heterocycles. The molecule has 0 aliphatic rings. The van der Waals surface area contributed by atoms with E-state index in [-0.39, 0.29) is 0 Å². The van der Waals surface area contributed by atoms with Crippen LogP contribution in [0.3, 0.4) is 0 Å². The molecule has 2 N–H and O–H groups in total. The predicted octanol–water partition coefficient (Wildman–Crippen LogP) is 7.15. The lowest BCUT2D eigenvalue weighted by Gasteiger charge is -2.03. The number of hydrogen-bond donors (Lipinski definition) is 1. The lowest BCUT2D eigenvalue weighted by Crippen LogP contribution is -1.91. The zero-order valence-electron chi connectivity index (χ0n) is 15.3. The van der Waals surface area contributed by atoms with Crippen molar-refractivity contribution in [1.29, 1.82) is 0 Å². The topological polar surface area (TPSA) is 26.0 Å². The van der Waals surface area contributed by atoms with Gasteiger partial charge < -0.3 is 5.73 Å². The Hall–Kier alpha value is -3.10. The van der Waals surface area contributed by atoms with E-state index < -0.39 is 0 Å². The number of nitrogens with two attached hydrogens (primary N) is 1. The van der Waals surface area contributed by atoms with Crippen molar-refractivity contribution >= 4 is 37.1 Å². The smallest absolute Gasteiger partial charge is 0.0434 e. The van der Waals surface area contributed by atoms with E-state index in [2.05, 4.69) is 73.3 Å². The van der Waals surface area contributed by atoms with Crippen LogP contribution in [0.5, 0.6) is 0 Å². The zero-order valence-corrected chi connectivity index (χ0v) is 16.1. The van der Waals surface area contributed by atoms with Crippen molar-refractivity contribution in [3.63, 3.8) is 0 Å². The molecule has 0 aliphatic carbocycles. The van der Waals surface area contributed by atoms with Gasteiger partial charge in [0.2, 0.25) is 0 Å². The Balaban J connectivity index is 1.92. The van der Waals surface area contributed by atoms with Crippen LogP contribution in [0.25, 0.3) is 36.9 Å². The van der Waals surface area contributed by atoms with E-state index in [0.717, 1.165) is 16.8 Å². The van der Waals surface area contributed by atoms with Gasteiger partial charge in [0.1, 0.15) is 0 Å². The zero-order chi connectivity index (χ0) is 18.8. The molecule has 0 saturated carbocycles. The van der Waals surface area contributed by atoms with Gasteiger partial charge in [-0.25, -0.2) is 0 Å². The van der Waals surface area contributed by atoms with E-state index in [1.807, 2.05) is 36.5 Å². The van der Waals surface area contributed by atoms with Crippen LogP contribution in [0.15, 0.2) is 97.2 Å². The Labute approximate surface area is 163 Å². The fraction of sp³-hybridized carbons (Fsp3) is 0.0400. The van der Waals surface area contributed by atoms with Gasteiger partial charge in [-0.1, -0.05) is 85.5 Å². The molecule has 1 nitrogen and oxygen atoms in total. The van der Waals surface area contributed by atoms with E-state index in [0.29, 0.717) is 0 Å². The van der Waals surface area contributed by atoms with Crippen molar-refractivity contribution in [3.05, 3.63) is 103 Å². The first-order chi connectivity index (χ1) is 13.2. The molecule has 0 aliphatic heterocycles. The normalized spacial score (nSPS) is 12.3. The molecule has 0 saturated heterocycles. The third kappa shape index (κ3) is 3.20. The molecule has 0 spiro atoms. The minimum atomic E-state index is 0.742. The van der Waals surface area contributed by atoms with Gasteiger partial charge in [0, 0.05) is 25.9 Å².